The molecule has 3 heterocycles. The Balaban J connectivity index is 1.58. The number of hydrogen-bond donors (Lipinski definition) is 1. The van der Waals surface area contributed by atoms with E-state index in [9.17, 15) is 8.42 Å². The number of ether oxygens (including phenoxy) is 1. The Hall–Kier alpha value is -3.11. The lowest BCUT2D eigenvalue weighted by Crippen LogP contribution is -2.09. The Kier molecular flexibility index (Phi) is 4.42. The second-order valence-electron chi connectivity index (χ2n) is 5.89. The molecule has 0 saturated carbocycles. The molecule has 0 radical (unpaired) electrons. The smallest absolute Gasteiger partial charge is 0.265 e. The number of benzene rings is 1. The molecule has 1 N–H and O–H groups in total. The molecule has 0 aliphatic heterocycles. The zero-order chi connectivity index (χ0) is 18.9. The average molecular weight is 385 g/mol. The largest absolute Gasteiger partial charge is 0.470 e. The van der Waals surface area contributed by atoms with E-state index in [1.165, 1.54) is 6.33 Å². The second-order valence-corrected chi connectivity index (χ2v) is 7.47. The Morgan fingerprint density at radius 3 is 2.63 bits per heavy atom. The van der Waals surface area contributed by atoms with Crippen molar-refractivity contribution in [1.29, 1.82) is 0 Å². The van der Waals surface area contributed by atoms with Crippen LogP contribution in [-0.4, -0.2) is 43.5 Å². The molecule has 4 rings (SSSR count). The maximum Gasteiger partial charge on any atom is 0.265 e. The summed E-state index contributed by atoms with van der Waals surface area (Å²) in [6.07, 6.45) is 1.63. The van der Waals surface area contributed by atoms with E-state index < -0.39 is 10.1 Å². The van der Waals surface area contributed by atoms with E-state index in [1.54, 1.807) is 22.7 Å². The van der Waals surface area contributed by atoms with Crippen molar-refractivity contribution in [3.63, 3.8) is 0 Å². The summed E-state index contributed by atoms with van der Waals surface area (Å²) in [5, 5.41) is 14.0. The third-order valence-electron chi connectivity index (χ3n) is 3.96. The fourth-order valence-corrected chi connectivity index (χ4v) is 3.20. The van der Waals surface area contributed by atoms with Crippen LogP contribution < -0.4 is 4.74 Å². The van der Waals surface area contributed by atoms with Gasteiger partial charge in [0.1, 0.15) is 12.9 Å². The zero-order valence-corrected chi connectivity index (χ0v) is 14.9. The Morgan fingerprint density at radius 2 is 1.81 bits per heavy atom. The molecule has 0 fully saturated rings. The van der Waals surface area contributed by atoms with Gasteiger partial charge in [0.05, 0.1) is 11.4 Å². The van der Waals surface area contributed by atoms with Gasteiger partial charge in [-0.2, -0.15) is 12.9 Å². The third kappa shape index (κ3) is 3.86. The van der Waals surface area contributed by atoms with Gasteiger partial charge in [-0.25, -0.2) is 0 Å². The molecule has 0 amide bonds. The number of fused-ring (bicyclic) bond motifs is 3. The topological polar surface area (TPSA) is 120 Å². The molecule has 0 bridgehead atoms. The van der Waals surface area contributed by atoms with E-state index >= 15 is 0 Å². The third-order valence-corrected chi connectivity index (χ3v) is 4.68. The highest BCUT2D eigenvalue weighted by molar-refractivity contribution is 7.85. The summed E-state index contributed by atoms with van der Waals surface area (Å²) >= 11 is 0. The van der Waals surface area contributed by atoms with Crippen LogP contribution in [0.3, 0.4) is 0 Å². The van der Waals surface area contributed by atoms with Crippen LogP contribution in [0.4, 0.5) is 0 Å². The second kappa shape index (κ2) is 6.89. The quantitative estimate of drug-likeness (QED) is 0.498. The first kappa shape index (κ1) is 17.3. The van der Waals surface area contributed by atoms with E-state index in [4.69, 9.17) is 9.29 Å². The van der Waals surface area contributed by atoms with Crippen LogP contribution in [-0.2, 0) is 23.1 Å². The number of pyridine rings is 1. The molecule has 4 aromatic rings. The van der Waals surface area contributed by atoms with Crippen molar-refractivity contribution in [3.8, 4) is 5.88 Å². The minimum Gasteiger partial charge on any atom is -0.470 e. The van der Waals surface area contributed by atoms with Crippen molar-refractivity contribution in [2.24, 2.45) is 0 Å². The van der Waals surface area contributed by atoms with Gasteiger partial charge in [0.25, 0.3) is 10.1 Å². The first-order valence-electron chi connectivity index (χ1n) is 8.11. The lowest BCUT2D eigenvalue weighted by molar-refractivity contribution is 0.288. The predicted molar refractivity (Wildman–Crippen MR) is 97.0 cm³/mol. The summed E-state index contributed by atoms with van der Waals surface area (Å²) in [6.45, 7) is 0.157. The highest BCUT2D eigenvalue weighted by Crippen LogP contribution is 2.26. The minimum absolute atomic E-state index is 0.126. The fourth-order valence-electron chi connectivity index (χ4n) is 2.73. The maximum absolute atomic E-state index is 10.9. The van der Waals surface area contributed by atoms with E-state index in [-0.39, 0.29) is 18.8 Å². The monoisotopic (exact) mass is 385 g/mol. The number of aromatic nitrogens is 5. The molecule has 0 aliphatic rings. The van der Waals surface area contributed by atoms with Gasteiger partial charge in [-0.15, -0.1) is 15.3 Å². The van der Waals surface area contributed by atoms with Gasteiger partial charge in [0.2, 0.25) is 5.88 Å². The number of aryl methyl sites for hydroxylation is 1. The molecule has 1 aromatic carbocycles. The van der Waals surface area contributed by atoms with E-state index in [1.807, 2.05) is 24.3 Å². The van der Waals surface area contributed by atoms with Crippen molar-refractivity contribution in [3.05, 3.63) is 60.2 Å². The van der Waals surface area contributed by atoms with Gasteiger partial charge in [0.15, 0.2) is 5.65 Å². The van der Waals surface area contributed by atoms with E-state index in [0.717, 1.165) is 10.8 Å². The summed E-state index contributed by atoms with van der Waals surface area (Å²) < 4.78 is 38.1. The number of hydrogen-bond acceptors (Lipinski definition) is 7. The summed E-state index contributed by atoms with van der Waals surface area (Å²) in [6, 6.07) is 12.8. The van der Waals surface area contributed by atoms with Crippen molar-refractivity contribution in [1.82, 2.24) is 24.8 Å². The molecule has 0 spiro atoms. The summed E-state index contributed by atoms with van der Waals surface area (Å²) in [5.74, 6) is 0.0453. The molecule has 0 atom stereocenters. The van der Waals surface area contributed by atoms with Gasteiger partial charge in [-0.1, -0.05) is 24.3 Å². The minimum atomic E-state index is -4.03. The molecule has 27 heavy (non-hydrogen) atoms. The van der Waals surface area contributed by atoms with Crippen LogP contribution in [0.2, 0.25) is 0 Å². The van der Waals surface area contributed by atoms with Gasteiger partial charge in [0, 0.05) is 22.9 Å². The number of rotatable bonds is 6. The van der Waals surface area contributed by atoms with Crippen molar-refractivity contribution in [2.75, 3.05) is 5.75 Å². The van der Waals surface area contributed by atoms with Gasteiger partial charge in [-0.05, 0) is 18.2 Å². The summed E-state index contributed by atoms with van der Waals surface area (Å²) in [5.41, 5.74) is 1.82. The standard InChI is InChI=1S/C17H15N5O4S/c23-27(24,25)9-8-12-4-3-5-13(19-12)10-26-17-15-7-2-1-6-14(15)16-20-18-11-22(16)21-17/h1-7,11H,8-10H2,(H,23,24,25). The first-order valence-corrected chi connectivity index (χ1v) is 9.72. The normalized spacial score (nSPS) is 11.9. The SMILES string of the molecule is O=S(=O)(O)CCc1cccc(COc2nn3cnnc3c3ccccc23)n1. The molecular weight excluding hydrogens is 370 g/mol. The van der Waals surface area contributed by atoms with Crippen LogP contribution in [0.15, 0.2) is 48.8 Å². The predicted octanol–water partition coefficient (Wildman–Crippen LogP) is 1.68. The van der Waals surface area contributed by atoms with Crippen LogP contribution in [0.5, 0.6) is 5.88 Å². The van der Waals surface area contributed by atoms with Crippen LogP contribution in [0.25, 0.3) is 16.4 Å². The van der Waals surface area contributed by atoms with Gasteiger partial charge < -0.3 is 4.74 Å². The Bertz CT molecular complexity index is 1220. The molecule has 3 aromatic heterocycles. The van der Waals surface area contributed by atoms with Crippen LogP contribution in [0, 0.1) is 0 Å². The zero-order valence-electron chi connectivity index (χ0n) is 14.1. The maximum atomic E-state index is 10.9. The van der Waals surface area contributed by atoms with Crippen molar-refractivity contribution >= 4 is 26.5 Å². The first-order chi connectivity index (χ1) is 13.0. The highest BCUT2D eigenvalue weighted by atomic mass is 32.2. The highest BCUT2D eigenvalue weighted by Gasteiger charge is 2.12. The van der Waals surface area contributed by atoms with Gasteiger partial charge >= 0.3 is 0 Å². The van der Waals surface area contributed by atoms with Crippen molar-refractivity contribution in [2.45, 2.75) is 13.0 Å². The van der Waals surface area contributed by atoms with Crippen LogP contribution >= 0.6 is 0 Å². The summed E-state index contributed by atoms with van der Waals surface area (Å²) in [4.78, 5) is 4.36. The van der Waals surface area contributed by atoms with E-state index in [0.29, 0.717) is 22.9 Å². The molecule has 138 valence electrons. The molecule has 10 heteroatoms. The average Bonchev–Trinajstić information content (AvgIpc) is 3.13. The number of nitrogens with zero attached hydrogens (tertiary/aromatic N) is 5. The Morgan fingerprint density at radius 1 is 1.04 bits per heavy atom. The molecular formula is C17H15N5O4S. The van der Waals surface area contributed by atoms with Gasteiger partial charge in [-0.3, -0.25) is 9.54 Å². The lowest BCUT2D eigenvalue weighted by Gasteiger charge is -2.09. The molecule has 0 unspecified atom stereocenters. The molecule has 9 nitrogen and oxygen atoms in total. The summed E-state index contributed by atoms with van der Waals surface area (Å²) in [7, 11) is -4.03. The Labute approximate surface area is 154 Å². The van der Waals surface area contributed by atoms with Crippen molar-refractivity contribution < 1.29 is 17.7 Å². The lowest BCUT2D eigenvalue weighted by atomic mass is 10.2. The van der Waals surface area contributed by atoms with E-state index in [2.05, 4.69) is 20.3 Å². The molecule has 0 saturated heterocycles. The molecule has 0 aliphatic carbocycles. The fraction of sp³-hybridized carbons (Fsp3) is 0.176. The van der Waals surface area contributed by atoms with Crippen LogP contribution in [0.1, 0.15) is 11.4 Å².